The monoisotopic (exact) mass is 353 g/mol. The lowest BCUT2D eigenvalue weighted by atomic mass is 10.2. The number of aromatic nitrogens is 2. The molecule has 0 fully saturated rings. The van der Waals surface area contributed by atoms with Crippen molar-refractivity contribution in [3.8, 4) is 5.75 Å². The Balaban J connectivity index is 1.94. The number of ether oxygens (including phenoxy) is 1. The van der Waals surface area contributed by atoms with E-state index < -0.39 is 0 Å². The fourth-order valence-electron chi connectivity index (χ4n) is 3.11. The highest BCUT2D eigenvalue weighted by atomic mass is 32.2. The van der Waals surface area contributed by atoms with E-state index >= 15 is 0 Å². The molecule has 4 rings (SSSR count). The lowest BCUT2D eigenvalue weighted by molar-refractivity contribution is 0.412. The molecule has 0 aliphatic heterocycles. The van der Waals surface area contributed by atoms with E-state index in [1.54, 1.807) is 6.20 Å². The second-order valence-corrected chi connectivity index (χ2v) is 6.43. The van der Waals surface area contributed by atoms with Gasteiger partial charge in [0.2, 0.25) is 0 Å². The van der Waals surface area contributed by atoms with Crippen LogP contribution in [-0.2, 0) is 6.54 Å². The molecule has 2 aromatic carbocycles. The third-order valence-electron chi connectivity index (χ3n) is 4.27. The molecule has 4 aromatic rings. The van der Waals surface area contributed by atoms with E-state index in [9.17, 15) is 4.39 Å². The Bertz CT molecular complexity index is 1060. The Kier molecular flexibility index (Phi) is 4.07. The van der Waals surface area contributed by atoms with Gasteiger partial charge in [-0.15, -0.1) is 0 Å². The molecule has 2 heterocycles. The molecule has 25 heavy (non-hydrogen) atoms. The van der Waals surface area contributed by atoms with Crippen LogP contribution in [0, 0.1) is 5.82 Å². The Morgan fingerprint density at radius 3 is 2.72 bits per heavy atom. The molecular formula is C19H16FN3OS. The lowest BCUT2D eigenvalue weighted by Crippen LogP contribution is -2.01. The third kappa shape index (κ3) is 2.73. The molecule has 0 amide bonds. The van der Waals surface area contributed by atoms with E-state index in [1.165, 1.54) is 25.1 Å². The molecule has 0 spiro atoms. The number of hydrogen-bond acceptors (Lipinski definition) is 4. The van der Waals surface area contributed by atoms with Gasteiger partial charge in [-0.05, 0) is 47.8 Å². The smallest absolute Gasteiger partial charge is 0.151 e. The number of halogens is 1. The van der Waals surface area contributed by atoms with Crippen LogP contribution in [0.5, 0.6) is 5.75 Å². The molecule has 0 radical (unpaired) electrons. The minimum atomic E-state index is -0.318. The third-order valence-corrected chi connectivity index (χ3v) is 4.82. The zero-order chi connectivity index (χ0) is 17.4. The average Bonchev–Trinajstić information content (AvgIpc) is 2.97. The maximum atomic E-state index is 14.8. The van der Waals surface area contributed by atoms with E-state index in [0.717, 1.165) is 26.9 Å². The second kappa shape index (κ2) is 6.38. The number of fused-ring (bicyclic) bond motifs is 3. The van der Waals surface area contributed by atoms with Crippen molar-refractivity contribution in [3.63, 3.8) is 0 Å². The van der Waals surface area contributed by atoms with E-state index in [0.29, 0.717) is 17.8 Å². The molecule has 0 bridgehead atoms. The maximum absolute atomic E-state index is 14.8. The molecule has 0 unspecified atom stereocenters. The van der Waals surface area contributed by atoms with Crippen LogP contribution in [0.15, 0.2) is 59.6 Å². The van der Waals surface area contributed by atoms with Crippen LogP contribution in [0.4, 0.5) is 4.39 Å². The van der Waals surface area contributed by atoms with Gasteiger partial charge in [0.05, 0.1) is 23.7 Å². The van der Waals surface area contributed by atoms with Crippen LogP contribution in [0.3, 0.4) is 0 Å². The quantitative estimate of drug-likeness (QED) is 0.554. The number of benzene rings is 2. The minimum Gasteiger partial charge on any atom is -0.497 e. The summed E-state index contributed by atoms with van der Waals surface area (Å²) >= 11 is 1.21. The Labute approximate surface area is 148 Å². The van der Waals surface area contributed by atoms with Crippen molar-refractivity contribution in [1.29, 1.82) is 0 Å². The van der Waals surface area contributed by atoms with Gasteiger partial charge in [-0.2, -0.15) is 0 Å². The van der Waals surface area contributed by atoms with Gasteiger partial charge in [-0.3, -0.25) is 10.1 Å². The van der Waals surface area contributed by atoms with E-state index in [-0.39, 0.29) is 5.82 Å². The predicted molar refractivity (Wildman–Crippen MR) is 99.3 cm³/mol. The second-order valence-electron chi connectivity index (χ2n) is 5.72. The van der Waals surface area contributed by atoms with Crippen molar-refractivity contribution in [1.82, 2.24) is 9.55 Å². The fourth-order valence-corrected chi connectivity index (χ4v) is 3.40. The van der Waals surface area contributed by atoms with E-state index in [2.05, 4.69) is 4.98 Å². The SMILES string of the molecule is COc1cc(F)c2c(c1)c1ncccc1n2Cc1ccc(SN)cc1. The van der Waals surface area contributed by atoms with Gasteiger partial charge in [0.25, 0.3) is 0 Å². The standard InChI is InChI=1S/C19H16FN3OS/c1-24-13-9-15-18-17(3-2-8-22-18)23(19(15)16(20)10-13)11-12-4-6-14(25-21)7-5-12/h2-10H,11,21H2,1H3. The molecule has 4 nitrogen and oxygen atoms in total. The zero-order valence-electron chi connectivity index (χ0n) is 13.6. The van der Waals surface area contributed by atoms with Crippen molar-refractivity contribution >= 4 is 33.9 Å². The normalized spacial score (nSPS) is 11.3. The summed E-state index contributed by atoms with van der Waals surface area (Å²) in [5.74, 6) is 0.167. The molecule has 2 aromatic heterocycles. The molecule has 0 saturated carbocycles. The molecule has 0 atom stereocenters. The van der Waals surface area contributed by atoms with Crippen LogP contribution in [0.2, 0.25) is 0 Å². The number of methoxy groups -OCH3 is 1. The maximum Gasteiger partial charge on any atom is 0.151 e. The summed E-state index contributed by atoms with van der Waals surface area (Å²) in [6, 6.07) is 15.0. The summed E-state index contributed by atoms with van der Waals surface area (Å²) < 4.78 is 22.0. The van der Waals surface area contributed by atoms with Crippen LogP contribution in [0.25, 0.3) is 21.9 Å². The fraction of sp³-hybridized carbons (Fsp3) is 0.105. The molecule has 6 heteroatoms. The molecule has 0 aliphatic rings. The summed E-state index contributed by atoms with van der Waals surface area (Å²) in [5, 5.41) is 6.33. The van der Waals surface area contributed by atoms with E-state index in [4.69, 9.17) is 9.88 Å². The number of pyridine rings is 1. The number of nitrogens with two attached hydrogens (primary N) is 1. The van der Waals surface area contributed by atoms with E-state index in [1.807, 2.05) is 47.0 Å². The van der Waals surface area contributed by atoms with Crippen LogP contribution in [0.1, 0.15) is 5.56 Å². The Morgan fingerprint density at radius 2 is 2.00 bits per heavy atom. The number of rotatable bonds is 4. The highest BCUT2D eigenvalue weighted by molar-refractivity contribution is 7.97. The zero-order valence-corrected chi connectivity index (χ0v) is 14.4. The van der Waals surface area contributed by atoms with Crippen LogP contribution >= 0.6 is 11.9 Å². The highest BCUT2D eigenvalue weighted by Gasteiger charge is 2.17. The Hall–Kier alpha value is -2.57. The highest BCUT2D eigenvalue weighted by Crippen LogP contribution is 2.33. The van der Waals surface area contributed by atoms with Gasteiger partial charge in [-0.1, -0.05) is 12.1 Å². The van der Waals surface area contributed by atoms with Crippen molar-refractivity contribution in [2.45, 2.75) is 11.4 Å². The van der Waals surface area contributed by atoms with Crippen molar-refractivity contribution in [2.75, 3.05) is 7.11 Å². The number of nitrogens with zero attached hydrogens (tertiary/aromatic N) is 2. The first-order chi connectivity index (χ1) is 12.2. The molecular weight excluding hydrogens is 337 g/mol. The van der Waals surface area contributed by atoms with Crippen molar-refractivity contribution in [2.24, 2.45) is 5.14 Å². The summed E-state index contributed by atoms with van der Waals surface area (Å²) in [7, 11) is 1.53. The molecule has 0 saturated heterocycles. The topological polar surface area (TPSA) is 53.1 Å². The van der Waals surface area contributed by atoms with Gasteiger partial charge >= 0.3 is 0 Å². The number of hydrogen-bond donors (Lipinski definition) is 1. The summed E-state index contributed by atoms with van der Waals surface area (Å²) in [4.78, 5) is 5.44. The minimum absolute atomic E-state index is 0.318. The first kappa shape index (κ1) is 15.9. The van der Waals surface area contributed by atoms with Gasteiger partial charge in [0.1, 0.15) is 5.75 Å². The van der Waals surface area contributed by atoms with Gasteiger partial charge < -0.3 is 9.30 Å². The largest absolute Gasteiger partial charge is 0.497 e. The molecule has 0 aliphatic carbocycles. The van der Waals surface area contributed by atoms with Crippen LogP contribution in [-0.4, -0.2) is 16.7 Å². The van der Waals surface area contributed by atoms with Crippen LogP contribution < -0.4 is 9.88 Å². The average molecular weight is 353 g/mol. The Morgan fingerprint density at radius 1 is 1.20 bits per heavy atom. The van der Waals surface area contributed by atoms with Crippen molar-refractivity contribution in [3.05, 3.63) is 66.1 Å². The van der Waals surface area contributed by atoms with Crippen molar-refractivity contribution < 1.29 is 9.13 Å². The first-order valence-electron chi connectivity index (χ1n) is 7.77. The molecule has 126 valence electrons. The lowest BCUT2D eigenvalue weighted by Gasteiger charge is -2.09. The summed E-state index contributed by atoms with van der Waals surface area (Å²) in [6.07, 6.45) is 1.72. The molecule has 2 N–H and O–H groups in total. The van der Waals surface area contributed by atoms with Gasteiger partial charge in [-0.25, -0.2) is 4.39 Å². The first-order valence-corrected chi connectivity index (χ1v) is 8.65. The summed E-state index contributed by atoms with van der Waals surface area (Å²) in [5.41, 5.74) is 3.26. The summed E-state index contributed by atoms with van der Waals surface area (Å²) in [6.45, 7) is 0.546. The van der Waals surface area contributed by atoms with Gasteiger partial charge in [0.15, 0.2) is 5.82 Å². The van der Waals surface area contributed by atoms with Gasteiger partial charge in [0, 0.05) is 29.1 Å². The predicted octanol–water partition coefficient (Wildman–Crippen LogP) is 4.35.